The number of hydrogen-bond donors (Lipinski definition) is 1. The molecule has 2 aromatic carbocycles. The lowest BCUT2D eigenvalue weighted by Gasteiger charge is -2.14. The third kappa shape index (κ3) is 4.49. The molecule has 0 bridgehead atoms. The van der Waals surface area contributed by atoms with Crippen molar-refractivity contribution in [3.05, 3.63) is 54.1 Å². The summed E-state index contributed by atoms with van der Waals surface area (Å²) in [7, 11) is 4.08. The average Bonchev–Trinajstić information content (AvgIpc) is 3.34. The van der Waals surface area contributed by atoms with Gasteiger partial charge in [-0.1, -0.05) is 18.2 Å². The van der Waals surface area contributed by atoms with Crippen LogP contribution < -0.4 is 4.90 Å². The van der Waals surface area contributed by atoms with E-state index in [9.17, 15) is 0 Å². The van der Waals surface area contributed by atoms with Crippen LogP contribution >= 0.6 is 12.4 Å². The largest absolute Gasteiger partial charge is 0.378 e. The Morgan fingerprint density at radius 3 is 2.44 bits per heavy atom. The molecular formula is C21H26ClN5. The molecule has 3 aromatic rings. The number of nitrogens with one attached hydrogen (secondary N) is 1. The lowest BCUT2D eigenvalue weighted by atomic mass is 10.1. The Morgan fingerprint density at radius 2 is 1.74 bits per heavy atom. The van der Waals surface area contributed by atoms with E-state index in [2.05, 4.69) is 68.5 Å². The zero-order chi connectivity index (χ0) is 17.9. The number of halogens is 1. The van der Waals surface area contributed by atoms with E-state index in [0.29, 0.717) is 0 Å². The molecule has 142 valence electrons. The zero-order valence-corrected chi connectivity index (χ0v) is 16.7. The quantitative estimate of drug-likeness (QED) is 0.716. The van der Waals surface area contributed by atoms with Gasteiger partial charge in [-0.2, -0.15) is 5.10 Å². The predicted molar refractivity (Wildman–Crippen MR) is 113 cm³/mol. The summed E-state index contributed by atoms with van der Waals surface area (Å²) < 4.78 is 0. The maximum atomic E-state index is 4.70. The van der Waals surface area contributed by atoms with E-state index in [1.165, 1.54) is 37.2 Å². The Kier molecular flexibility index (Phi) is 6.14. The first kappa shape index (κ1) is 19.4. The third-order valence-electron chi connectivity index (χ3n) is 4.93. The van der Waals surface area contributed by atoms with Gasteiger partial charge in [0.15, 0.2) is 11.6 Å². The summed E-state index contributed by atoms with van der Waals surface area (Å²) in [6, 6.07) is 16.9. The fourth-order valence-corrected chi connectivity index (χ4v) is 3.45. The molecule has 0 saturated carbocycles. The molecule has 0 aliphatic carbocycles. The van der Waals surface area contributed by atoms with Crippen LogP contribution in [-0.4, -0.2) is 47.3 Å². The Morgan fingerprint density at radius 1 is 1.00 bits per heavy atom. The number of nitrogens with zero attached hydrogens (tertiary/aromatic N) is 4. The third-order valence-corrected chi connectivity index (χ3v) is 4.93. The van der Waals surface area contributed by atoms with Gasteiger partial charge in [-0.05, 0) is 61.8 Å². The summed E-state index contributed by atoms with van der Waals surface area (Å²) in [4.78, 5) is 9.30. The molecule has 2 heterocycles. The van der Waals surface area contributed by atoms with E-state index in [4.69, 9.17) is 4.98 Å². The van der Waals surface area contributed by atoms with Crippen molar-refractivity contribution in [2.45, 2.75) is 19.4 Å². The number of H-pyrrole nitrogens is 1. The molecule has 6 heteroatoms. The first-order valence-electron chi connectivity index (χ1n) is 9.21. The summed E-state index contributed by atoms with van der Waals surface area (Å²) in [5.41, 5.74) is 4.60. The van der Waals surface area contributed by atoms with E-state index in [0.717, 1.165) is 29.3 Å². The highest BCUT2D eigenvalue weighted by Crippen LogP contribution is 2.23. The molecule has 0 unspecified atom stereocenters. The number of likely N-dealkylation sites (tertiary alicyclic amines) is 1. The maximum Gasteiger partial charge on any atom is 0.181 e. The first-order chi connectivity index (χ1) is 12.7. The van der Waals surface area contributed by atoms with E-state index < -0.39 is 0 Å². The second-order valence-corrected chi connectivity index (χ2v) is 7.13. The van der Waals surface area contributed by atoms with Gasteiger partial charge < -0.3 is 4.90 Å². The Bertz CT molecular complexity index is 866. The minimum atomic E-state index is 0. The minimum absolute atomic E-state index is 0. The molecule has 1 aliphatic rings. The molecule has 0 spiro atoms. The van der Waals surface area contributed by atoms with Crippen molar-refractivity contribution in [2.75, 3.05) is 32.1 Å². The summed E-state index contributed by atoms with van der Waals surface area (Å²) >= 11 is 0. The molecule has 1 aliphatic heterocycles. The van der Waals surface area contributed by atoms with Crippen molar-refractivity contribution in [2.24, 2.45) is 0 Å². The van der Waals surface area contributed by atoms with Gasteiger partial charge >= 0.3 is 0 Å². The molecule has 4 rings (SSSR count). The molecule has 27 heavy (non-hydrogen) atoms. The molecule has 1 saturated heterocycles. The van der Waals surface area contributed by atoms with E-state index in [-0.39, 0.29) is 12.4 Å². The second kappa shape index (κ2) is 8.55. The van der Waals surface area contributed by atoms with Crippen LogP contribution in [0.5, 0.6) is 0 Å². The highest BCUT2D eigenvalue weighted by molar-refractivity contribution is 5.85. The van der Waals surface area contributed by atoms with Crippen molar-refractivity contribution < 1.29 is 0 Å². The van der Waals surface area contributed by atoms with Gasteiger partial charge in [0.1, 0.15) is 0 Å². The van der Waals surface area contributed by atoms with Gasteiger partial charge in [0.25, 0.3) is 0 Å². The first-order valence-corrected chi connectivity index (χ1v) is 9.21. The van der Waals surface area contributed by atoms with E-state index in [1.807, 2.05) is 14.1 Å². The predicted octanol–water partition coefficient (Wildman–Crippen LogP) is 4.22. The fourth-order valence-electron chi connectivity index (χ4n) is 3.45. The maximum absolute atomic E-state index is 4.70. The number of benzene rings is 2. The van der Waals surface area contributed by atoms with Crippen LogP contribution in [0, 0.1) is 0 Å². The number of rotatable bonds is 5. The van der Waals surface area contributed by atoms with Crippen molar-refractivity contribution in [3.63, 3.8) is 0 Å². The molecule has 0 radical (unpaired) electrons. The van der Waals surface area contributed by atoms with Crippen molar-refractivity contribution in [3.8, 4) is 22.8 Å². The summed E-state index contributed by atoms with van der Waals surface area (Å²) in [5, 5.41) is 7.51. The Hall–Kier alpha value is -2.37. The molecule has 1 N–H and O–H groups in total. The van der Waals surface area contributed by atoms with Crippen LogP contribution in [0.2, 0.25) is 0 Å². The van der Waals surface area contributed by atoms with Gasteiger partial charge in [-0.3, -0.25) is 10.00 Å². The molecular weight excluding hydrogens is 358 g/mol. The van der Waals surface area contributed by atoms with Crippen LogP contribution in [0.4, 0.5) is 5.69 Å². The summed E-state index contributed by atoms with van der Waals surface area (Å²) in [6.07, 6.45) is 2.63. The van der Waals surface area contributed by atoms with Crippen LogP contribution in [0.3, 0.4) is 0 Å². The summed E-state index contributed by atoms with van der Waals surface area (Å²) in [6.45, 7) is 3.42. The smallest absolute Gasteiger partial charge is 0.181 e. The standard InChI is InChI=1S/C21H25N5.ClH/c1-25(2)19-10-8-17(9-11-19)20-22-21(24-23-20)18-7-5-6-16(14-18)15-26-12-3-4-13-26;/h5-11,14H,3-4,12-13,15H2,1-2H3,(H,22,23,24);1H. The van der Waals surface area contributed by atoms with Gasteiger partial charge in [0, 0.05) is 37.5 Å². The SMILES string of the molecule is CN(C)c1ccc(-c2nc(-c3cccc(CN4CCCC4)c3)n[nH]2)cc1.Cl. The van der Waals surface area contributed by atoms with Crippen LogP contribution in [0.15, 0.2) is 48.5 Å². The highest BCUT2D eigenvalue weighted by Gasteiger charge is 2.13. The lowest BCUT2D eigenvalue weighted by Crippen LogP contribution is -2.18. The topological polar surface area (TPSA) is 48.1 Å². The van der Waals surface area contributed by atoms with Gasteiger partial charge in [-0.15, -0.1) is 12.4 Å². The molecule has 0 atom stereocenters. The van der Waals surface area contributed by atoms with Crippen molar-refractivity contribution >= 4 is 18.1 Å². The zero-order valence-electron chi connectivity index (χ0n) is 15.9. The van der Waals surface area contributed by atoms with Crippen LogP contribution in [0.25, 0.3) is 22.8 Å². The number of hydrogen-bond acceptors (Lipinski definition) is 4. The Balaban J connectivity index is 0.00000210. The molecule has 1 fully saturated rings. The normalized spacial score (nSPS) is 14.1. The molecule has 5 nitrogen and oxygen atoms in total. The van der Waals surface area contributed by atoms with Crippen molar-refractivity contribution in [1.29, 1.82) is 0 Å². The van der Waals surface area contributed by atoms with Crippen LogP contribution in [-0.2, 0) is 6.54 Å². The summed E-state index contributed by atoms with van der Waals surface area (Å²) in [5.74, 6) is 1.55. The van der Waals surface area contributed by atoms with Crippen LogP contribution in [0.1, 0.15) is 18.4 Å². The van der Waals surface area contributed by atoms with E-state index in [1.54, 1.807) is 0 Å². The Labute approximate surface area is 166 Å². The number of aromatic nitrogens is 3. The second-order valence-electron chi connectivity index (χ2n) is 7.13. The lowest BCUT2D eigenvalue weighted by molar-refractivity contribution is 0.331. The molecule has 0 amide bonds. The highest BCUT2D eigenvalue weighted by atomic mass is 35.5. The van der Waals surface area contributed by atoms with E-state index >= 15 is 0 Å². The van der Waals surface area contributed by atoms with Gasteiger partial charge in [0.05, 0.1) is 0 Å². The van der Waals surface area contributed by atoms with Gasteiger partial charge in [-0.25, -0.2) is 4.98 Å². The fraction of sp³-hybridized carbons (Fsp3) is 0.333. The monoisotopic (exact) mass is 383 g/mol. The molecule has 1 aromatic heterocycles. The van der Waals surface area contributed by atoms with Gasteiger partial charge in [0.2, 0.25) is 0 Å². The number of anilines is 1. The minimum Gasteiger partial charge on any atom is -0.378 e. The van der Waals surface area contributed by atoms with Crippen molar-refractivity contribution in [1.82, 2.24) is 20.1 Å². The number of aromatic amines is 1. The average molecular weight is 384 g/mol.